The minimum absolute atomic E-state index is 0.321. The second-order valence-corrected chi connectivity index (χ2v) is 4.92. The molecule has 0 amide bonds. The minimum Gasteiger partial charge on any atom is -0.496 e. The van der Waals surface area contributed by atoms with Crippen LogP contribution in [0.5, 0.6) is 5.75 Å². The van der Waals surface area contributed by atoms with Crippen molar-refractivity contribution in [2.45, 2.75) is 44.8 Å². The molecule has 1 unspecified atom stereocenters. The molecule has 0 fully saturated rings. The Kier molecular flexibility index (Phi) is 5.45. The van der Waals surface area contributed by atoms with Crippen molar-refractivity contribution in [1.29, 1.82) is 0 Å². The molecular formula is C14H21ClO3. The predicted molar refractivity (Wildman–Crippen MR) is 73.2 cm³/mol. The molecule has 4 heteroatoms. The molecule has 0 aliphatic carbocycles. The zero-order valence-corrected chi connectivity index (χ0v) is 11.9. The van der Waals surface area contributed by atoms with Gasteiger partial charge in [-0.05, 0) is 36.6 Å². The van der Waals surface area contributed by atoms with Gasteiger partial charge >= 0.3 is 0 Å². The van der Waals surface area contributed by atoms with Gasteiger partial charge in [0, 0.05) is 11.4 Å². The highest BCUT2D eigenvalue weighted by Crippen LogP contribution is 2.28. The van der Waals surface area contributed by atoms with E-state index in [1.807, 2.05) is 13.8 Å². The summed E-state index contributed by atoms with van der Waals surface area (Å²) in [5.74, 6) is 0.674. The number of halogens is 1. The first-order valence-electron chi connectivity index (χ1n) is 6.19. The molecule has 0 aromatic heterocycles. The number of rotatable bonds is 6. The molecule has 18 heavy (non-hydrogen) atoms. The Morgan fingerprint density at radius 3 is 2.44 bits per heavy atom. The molecule has 3 nitrogen and oxygen atoms in total. The third-order valence-corrected chi connectivity index (χ3v) is 3.74. The Morgan fingerprint density at radius 2 is 1.94 bits per heavy atom. The molecule has 0 radical (unpaired) electrons. The second kappa shape index (κ2) is 6.41. The topological polar surface area (TPSA) is 49.7 Å². The Hall–Kier alpha value is -0.770. The molecule has 1 aromatic carbocycles. The molecule has 0 heterocycles. The number of ether oxygens (including phenoxy) is 1. The van der Waals surface area contributed by atoms with Gasteiger partial charge in [0.2, 0.25) is 0 Å². The zero-order valence-electron chi connectivity index (χ0n) is 11.1. The highest BCUT2D eigenvalue weighted by molar-refractivity contribution is 6.30. The van der Waals surface area contributed by atoms with E-state index in [1.54, 1.807) is 25.3 Å². The average molecular weight is 273 g/mol. The first-order valence-corrected chi connectivity index (χ1v) is 6.57. The van der Waals surface area contributed by atoms with Gasteiger partial charge in [0.1, 0.15) is 5.75 Å². The summed E-state index contributed by atoms with van der Waals surface area (Å²) in [6.45, 7) is 3.73. The molecule has 0 saturated heterocycles. The summed E-state index contributed by atoms with van der Waals surface area (Å²) in [5.41, 5.74) is -0.259. The van der Waals surface area contributed by atoms with Gasteiger partial charge in [-0.2, -0.15) is 0 Å². The Bertz CT molecular complexity index is 389. The first-order chi connectivity index (χ1) is 8.46. The number of benzene rings is 1. The smallest absolute Gasteiger partial charge is 0.122 e. The van der Waals surface area contributed by atoms with Crippen molar-refractivity contribution in [2.75, 3.05) is 7.11 Å². The van der Waals surface area contributed by atoms with E-state index in [0.717, 1.165) is 5.56 Å². The number of aliphatic hydroxyl groups excluding tert-OH is 1. The van der Waals surface area contributed by atoms with Gasteiger partial charge in [0.25, 0.3) is 0 Å². The fourth-order valence-electron chi connectivity index (χ4n) is 2.03. The largest absolute Gasteiger partial charge is 0.496 e. The fraction of sp³-hybridized carbons (Fsp3) is 0.571. The number of aliphatic hydroxyl groups is 2. The van der Waals surface area contributed by atoms with Crippen LogP contribution in [-0.2, 0) is 6.42 Å². The van der Waals surface area contributed by atoms with Crippen molar-refractivity contribution in [1.82, 2.24) is 0 Å². The van der Waals surface area contributed by atoms with Gasteiger partial charge in [-0.25, -0.2) is 0 Å². The quantitative estimate of drug-likeness (QED) is 0.837. The van der Waals surface area contributed by atoms with Crippen molar-refractivity contribution in [3.63, 3.8) is 0 Å². The molecule has 2 N–H and O–H groups in total. The lowest BCUT2D eigenvalue weighted by Gasteiger charge is -2.31. The highest BCUT2D eigenvalue weighted by atomic mass is 35.5. The van der Waals surface area contributed by atoms with E-state index >= 15 is 0 Å². The van der Waals surface area contributed by atoms with Crippen LogP contribution in [0.4, 0.5) is 0 Å². The van der Waals surface area contributed by atoms with E-state index in [9.17, 15) is 10.2 Å². The second-order valence-electron chi connectivity index (χ2n) is 4.49. The number of hydrogen-bond acceptors (Lipinski definition) is 3. The summed E-state index contributed by atoms with van der Waals surface area (Å²) in [6.07, 6.45) is 0.503. The maximum absolute atomic E-state index is 10.3. The summed E-state index contributed by atoms with van der Waals surface area (Å²) >= 11 is 5.94. The van der Waals surface area contributed by atoms with Crippen LogP contribution in [0, 0.1) is 0 Å². The summed E-state index contributed by atoms with van der Waals surface area (Å²) in [7, 11) is 1.57. The van der Waals surface area contributed by atoms with E-state index in [-0.39, 0.29) is 0 Å². The molecule has 1 rings (SSSR count). The lowest BCUT2D eigenvalue weighted by Crippen LogP contribution is -2.42. The van der Waals surface area contributed by atoms with Crippen LogP contribution < -0.4 is 4.74 Å². The average Bonchev–Trinajstić information content (AvgIpc) is 2.38. The monoisotopic (exact) mass is 272 g/mol. The van der Waals surface area contributed by atoms with Gasteiger partial charge in [0.15, 0.2) is 0 Å². The van der Waals surface area contributed by atoms with Crippen LogP contribution >= 0.6 is 11.6 Å². The lowest BCUT2D eigenvalue weighted by molar-refractivity contribution is -0.0791. The SMILES string of the molecule is CCC(O)(CC)C(O)Cc1cc(Cl)ccc1OC. The van der Waals surface area contributed by atoms with Crippen molar-refractivity contribution in [3.05, 3.63) is 28.8 Å². The van der Waals surface area contributed by atoms with Gasteiger partial charge in [-0.15, -0.1) is 0 Å². The molecule has 1 aromatic rings. The summed E-state index contributed by atoms with van der Waals surface area (Å²) < 4.78 is 5.23. The Labute approximate surface area is 113 Å². The van der Waals surface area contributed by atoms with E-state index in [2.05, 4.69) is 0 Å². The molecule has 102 valence electrons. The molecule has 0 aliphatic heterocycles. The van der Waals surface area contributed by atoms with Gasteiger partial charge < -0.3 is 14.9 Å². The van der Waals surface area contributed by atoms with Crippen molar-refractivity contribution in [3.8, 4) is 5.75 Å². The third-order valence-electron chi connectivity index (χ3n) is 3.50. The van der Waals surface area contributed by atoms with Crippen molar-refractivity contribution in [2.24, 2.45) is 0 Å². The number of hydrogen-bond donors (Lipinski definition) is 2. The first kappa shape index (κ1) is 15.3. The normalized spacial score (nSPS) is 13.4. The maximum Gasteiger partial charge on any atom is 0.122 e. The van der Waals surface area contributed by atoms with Crippen LogP contribution in [0.1, 0.15) is 32.3 Å². The minimum atomic E-state index is -1.06. The lowest BCUT2D eigenvalue weighted by atomic mass is 9.87. The molecule has 0 aliphatic rings. The molecule has 0 saturated carbocycles. The maximum atomic E-state index is 10.3. The molecule has 1 atom stereocenters. The Balaban J connectivity index is 2.93. The standard InChI is InChI=1S/C14H21ClO3/c1-4-14(17,5-2)13(16)9-10-8-11(15)6-7-12(10)18-3/h6-8,13,16-17H,4-5,9H2,1-3H3. The van der Waals surface area contributed by atoms with Crippen LogP contribution in [0.2, 0.25) is 5.02 Å². The third kappa shape index (κ3) is 3.37. The van der Waals surface area contributed by atoms with E-state index in [1.165, 1.54) is 0 Å². The zero-order chi connectivity index (χ0) is 13.8. The Morgan fingerprint density at radius 1 is 1.33 bits per heavy atom. The molecule has 0 spiro atoms. The van der Waals surface area contributed by atoms with Crippen molar-refractivity contribution >= 4 is 11.6 Å². The van der Waals surface area contributed by atoms with E-state index < -0.39 is 11.7 Å². The van der Waals surface area contributed by atoms with Gasteiger partial charge in [-0.1, -0.05) is 25.4 Å². The summed E-state index contributed by atoms with van der Waals surface area (Å²) in [6, 6.07) is 5.26. The summed E-state index contributed by atoms with van der Waals surface area (Å²) in [5, 5.41) is 21.0. The van der Waals surface area contributed by atoms with Crippen LogP contribution in [-0.4, -0.2) is 29.0 Å². The highest BCUT2D eigenvalue weighted by Gasteiger charge is 2.32. The van der Waals surface area contributed by atoms with Crippen LogP contribution in [0.25, 0.3) is 0 Å². The van der Waals surface area contributed by atoms with Gasteiger partial charge in [0.05, 0.1) is 18.8 Å². The van der Waals surface area contributed by atoms with Crippen LogP contribution in [0.15, 0.2) is 18.2 Å². The van der Waals surface area contributed by atoms with Crippen LogP contribution in [0.3, 0.4) is 0 Å². The molecular weight excluding hydrogens is 252 g/mol. The van der Waals surface area contributed by atoms with Gasteiger partial charge in [-0.3, -0.25) is 0 Å². The van der Waals surface area contributed by atoms with E-state index in [4.69, 9.17) is 16.3 Å². The molecule has 0 bridgehead atoms. The fourth-order valence-corrected chi connectivity index (χ4v) is 2.22. The summed E-state index contributed by atoms with van der Waals surface area (Å²) in [4.78, 5) is 0. The number of methoxy groups -OCH3 is 1. The van der Waals surface area contributed by atoms with E-state index in [0.29, 0.717) is 30.0 Å². The van der Waals surface area contributed by atoms with Crippen molar-refractivity contribution < 1.29 is 14.9 Å². The predicted octanol–water partition coefficient (Wildman–Crippen LogP) is 2.80.